The van der Waals surface area contributed by atoms with E-state index in [1.54, 1.807) is 13.8 Å². The van der Waals surface area contributed by atoms with Crippen LogP contribution in [-0.2, 0) is 10.0 Å². The van der Waals surface area contributed by atoms with Crippen LogP contribution in [0.4, 0.5) is 4.39 Å². The van der Waals surface area contributed by atoms with Crippen molar-refractivity contribution in [1.82, 2.24) is 4.72 Å². The van der Waals surface area contributed by atoms with Gasteiger partial charge in [0, 0.05) is 6.54 Å². The highest BCUT2D eigenvalue weighted by Crippen LogP contribution is 2.20. The number of rotatable bonds is 4. The third-order valence-electron chi connectivity index (χ3n) is 2.11. The largest absolute Gasteiger partial charge is 0.241 e. The topological polar surface area (TPSA) is 46.2 Å². The van der Waals surface area contributed by atoms with Crippen LogP contribution in [0.5, 0.6) is 0 Å². The summed E-state index contributed by atoms with van der Waals surface area (Å²) in [5.41, 5.74) is 0.795. The fraction of sp³-hybridized carbons (Fsp3) is 0.273. The van der Waals surface area contributed by atoms with Gasteiger partial charge < -0.3 is 0 Å². The summed E-state index contributed by atoms with van der Waals surface area (Å²) >= 11 is 0. The molecule has 0 aromatic heterocycles. The van der Waals surface area contributed by atoms with Crippen LogP contribution < -0.4 is 4.72 Å². The van der Waals surface area contributed by atoms with E-state index in [2.05, 4.69) is 11.3 Å². The average Bonchev–Trinajstić information content (AvgIpc) is 2.12. The highest BCUT2D eigenvalue weighted by molar-refractivity contribution is 7.89. The highest BCUT2D eigenvalue weighted by atomic mass is 32.2. The Labute approximate surface area is 95.0 Å². The van der Waals surface area contributed by atoms with E-state index >= 15 is 0 Å². The molecule has 0 bridgehead atoms. The molecule has 0 amide bonds. The maximum Gasteiger partial charge on any atom is 0.241 e. The second-order valence-corrected chi connectivity index (χ2v) is 5.21. The fourth-order valence-electron chi connectivity index (χ4n) is 1.56. The first-order valence-corrected chi connectivity index (χ1v) is 6.24. The van der Waals surface area contributed by atoms with Gasteiger partial charge in [0.25, 0.3) is 0 Å². The Morgan fingerprint density at radius 3 is 2.31 bits per heavy atom. The molecule has 0 aliphatic carbocycles. The highest BCUT2D eigenvalue weighted by Gasteiger charge is 2.19. The van der Waals surface area contributed by atoms with Crippen LogP contribution in [0, 0.1) is 19.7 Å². The molecular weight excluding hydrogens is 229 g/mol. The Kier molecular flexibility index (Phi) is 3.83. The minimum atomic E-state index is -3.59. The maximum absolute atomic E-state index is 13.0. The fourth-order valence-corrected chi connectivity index (χ4v) is 3.01. The Morgan fingerprint density at radius 1 is 1.38 bits per heavy atom. The van der Waals surface area contributed by atoms with Crippen LogP contribution in [0.1, 0.15) is 11.1 Å². The molecule has 1 aromatic rings. The van der Waals surface area contributed by atoms with Gasteiger partial charge in [-0.25, -0.2) is 17.5 Å². The predicted molar refractivity (Wildman–Crippen MR) is 61.3 cm³/mol. The van der Waals surface area contributed by atoms with Gasteiger partial charge in [0.1, 0.15) is 5.82 Å². The molecule has 1 rings (SSSR count). The lowest BCUT2D eigenvalue weighted by molar-refractivity contribution is 0.582. The lowest BCUT2D eigenvalue weighted by atomic mass is 10.1. The van der Waals surface area contributed by atoms with Crippen LogP contribution >= 0.6 is 0 Å². The minimum Gasteiger partial charge on any atom is -0.207 e. The van der Waals surface area contributed by atoms with Gasteiger partial charge in [-0.05, 0) is 37.1 Å². The van der Waals surface area contributed by atoms with Crippen LogP contribution in [0.2, 0.25) is 0 Å². The Morgan fingerprint density at radius 2 is 1.88 bits per heavy atom. The summed E-state index contributed by atoms with van der Waals surface area (Å²) in [6.07, 6.45) is 1.45. The quantitative estimate of drug-likeness (QED) is 0.821. The van der Waals surface area contributed by atoms with Crippen LogP contribution in [0.3, 0.4) is 0 Å². The van der Waals surface area contributed by atoms with Crippen molar-refractivity contribution >= 4 is 10.0 Å². The second-order valence-electron chi connectivity index (χ2n) is 3.51. The van der Waals surface area contributed by atoms with Crippen molar-refractivity contribution in [3.05, 3.63) is 41.7 Å². The van der Waals surface area contributed by atoms with Gasteiger partial charge in [-0.1, -0.05) is 6.08 Å². The molecule has 0 radical (unpaired) electrons. The average molecular weight is 243 g/mol. The summed E-state index contributed by atoms with van der Waals surface area (Å²) in [6, 6.07) is 2.41. The first-order valence-electron chi connectivity index (χ1n) is 4.76. The smallest absolute Gasteiger partial charge is 0.207 e. The zero-order valence-electron chi connectivity index (χ0n) is 9.25. The van der Waals surface area contributed by atoms with Gasteiger partial charge in [-0.3, -0.25) is 0 Å². The Hall–Kier alpha value is -1.20. The van der Waals surface area contributed by atoms with E-state index in [4.69, 9.17) is 0 Å². The van der Waals surface area contributed by atoms with Gasteiger partial charge in [-0.2, -0.15) is 0 Å². The molecule has 0 spiro atoms. The lowest BCUT2D eigenvalue weighted by Gasteiger charge is -2.11. The first kappa shape index (κ1) is 12.9. The molecule has 0 saturated heterocycles. The summed E-state index contributed by atoms with van der Waals surface area (Å²) in [5, 5.41) is 0. The molecule has 5 heteroatoms. The van der Waals surface area contributed by atoms with Gasteiger partial charge >= 0.3 is 0 Å². The zero-order valence-corrected chi connectivity index (χ0v) is 10.1. The molecule has 88 valence electrons. The van der Waals surface area contributed by atoms with Gasteiger partial charge in [-0.15, -0.1) is 6.58 Å². The third-order valence-corrected chi connectivity index (χ3v) is 3.84. The summed E-state index contributed by atoms with van der Waals surface area (Å²) in [4.78, 5) is 0.135. The van der Waals surface area contributed by atoms with Crippen LogP contribution in [0.15, 0.2) is 29.7 Å². The second kappa shape index (κ2) is 4.76. The molecule has 0 aliphatic heterocycles. The number of sulfonamides is 1. The number of halogens is 1. The van der Waals surface area contributed by atoms with Gasteiger partial charge in [0.2, 0.25) is 10.0 Å². The monoisotopic (exact) mass is 243 g/mol. The van der Waals surface area contributed by atoms with E-state index in [9.17, 15) is 12.8 Å². The molecule has 0 aliphatic rings. The normalized spacial score (nSPS) is 11.4. The standard InChI is InChI=1S/C11H14FNO2S/c1-4-5-13-16(14,15)11-8(2)6-10(12)7-9(11)3/h4,6-7,13H,1,5H2,2-3H3. The molecule has 0 heterocycles. The Balaban J connectivity index is 3.28. The number of hydrogen-bond acceptors (Lipinski definition) is 2. The van der Waals surface area contributed by atoms with E-state index in [1.165, 1.54) is 18.2 Å². The summed E-state index contributed by atoms with van der Waals surface area (Å²) < 4.78 is 39.1. The first-order chi connectivity index (χ1) is 7.38. The number of benzene rings is 1. The number of hydrogen-bond donors (Lipinski definition) is 1. The van der Waals surface area contributed by atoms with Crippen molar-refractivity contribution in [2.24, 2.45) is 0 Å². The summed E-state index contributed by atoms with van der Waals surface area (Å²) in [5.74, 6) is -0.433. The van der Waals surface area contributed by atoms with Crippen LogP contribution in [0.25, 0.3) is 0 Å². The third kappa shape index (κ3) is 2.68. The molecule has 3 nitrogen and oxygen atoms in total. The van der Waals surface area contributed by atoms with Crippen molar-refractivity contribution < 1.29 is 12.8 Å². The summed E-state index contributed by atoms with van der Waals surface area (Å²) in [7, 11) is -3.59. The van der Waals surface area contributed by atoms with E-state index in [0.29, 0.717) is 11.1 Å². The lowest BCUT2D eigenvalue weighted by Crippen LogP contribution is -2.25. The minimum absolute atomic E-state index is 0.135. The maximum atomic E-state index is 13.0. The zero-order chi connectivity index (χ0) is 12.3. The van der Waals surface area contributed by atoms with Crippen molar-refractivity contribution in [2.45, 2.75) is 18.7 Å². The molecule has 0 atom stereocenters. The van der Waals surface area contributed by atoms with Crippen LogP contribution in [-0.4, -0.2) is 15.0 Å². The van der Waals surface area contributed by atoms with Crippen molar-refractivity contribution in [3.8, 4) is 0 Å². The van der Waals surface area contributed by atoms with Gasteiger partial charge in [0.05, 0.1) is 4.90 Å². The molecule has 0 fully saturated rings. The van der Waals surface area contributed by atoms with Crippen molar-refractivity contribution in [1.29, 1.82) is 0 Å². The number of nitrogens with one attached hydrogen (secondary N) is 1. The Bertz CT molecular complexity index is 486. The van der Waals surface area contributed by atoms with E-state index in [-0.39, 0.29) is 11.4 Å². The SMILES string of the molecule is C=CCNS(=O)(=O)c1c(C)cc(F)cc1C. The van der Waals surface area contributed by atoms with Crippen molar-refractivity contribution in [3.63, 3.8) is 0 Å². The molecule has 1 N–H and O–H groups in total. The predicted octanol–water partition coefficient (Wildman–Crippen LogP) is 1.91. The molecule has 0 saturated carbocycles. The van der Waals surface area contributed by atoms with Gasteiger partial charge in [0.15, 0.2) is 0 Å². The molecule has 16 heavy (non-hydrogen) atoms. The molecule has 1 aromatic carbocycles. The molecular formula is C11H14FNO2S. The van der Waals surface area contributed by atoms with Crippen molar-refractivity contribution in [2.75, 3.05) is 6.54 Å². The van der Waals surface area contributed by atoms with E-state index in [0.717, 1.165) is 0 Å². The van der Waals surface area contributed by atoms with E-state index < -0.39 is 15.8 Å². The van der Waals surface area contributed by atoms with E-state index in [1.807, 2.05) is 0 Å². The molecule has 0 unspecified atom stereocenters. The summed E-state index contributed by atoms with van der Waals surface area (Å²) in [6.45, 7) is 6.72. The number of aryl methyl sites for hydroxylation is 2.